The third-order valence-corrected chi connectivity index (χ3v) is 5.38. The van der Waals surface area contributed by atoms with Crippen LogP contribution in [0.3, 0.4) is 0 Å². The van der Waals surface area contributed by atoms with Crippen LogP contribution in [0, 0.1) is 5.41 Å². The fourth-order valence-electron chi connectivity index (χ4n) is 3.90. The van der Waals surface area contributed by atoms with Crippen molar-refractivity contribution in [2.24, 2.45) is 12.5 Å². The fourth-order valence-corrected chi connectivity index (χ4v) is 3.90. The van der Waals surface area contributed by atoms with Gasteiger partial charge in [0.1, 0.15) is 0 Å². The average molecular weight is 315 g/mol. The van der Waals surface area contributed by atoms with Gasteiger partial charge in [0.2, 0.25) is 0 Å². The summed E-state index contributed by atoms with van der Waals surface area (Å²) >= 11 is 0. The highest BCUT2D eigenvalue weighted by atomic mass is 16.4. The van der Waals surface area contributed by atoms with Gasteiger partial charge in [0.25, 0.3) is 0 Å². The van der Waals surface area contributed by atoms with Crippen LogP contribution in [0.15, 0.2) is 18.2 Å². The summed E-state index contributed by atoms with van der Waals surface area (Å²) in [4.78, 5) is 14.9. The van der Waals surface area contributed by atoms with Gasteiger partial charge in [0.05, 0.1) is 5.52 Å². The van der Waals surface area contributed by atoms with Gasteiger partial charge in [-0.1, -0.05) is 0 Å². The Morgan fingerprint density at radius 3 is 2.65 bits per heavy atom. The van der Waals surface area contributed by atoms with E-state index in [0.717, 1.165) is 36.8 Å². The maximum absolute atomic E-state index is 11.0. The van der Waals surface area contributed by atoms with E-state index in [-0.39, 0.29) is 5.41 Å². The smallest absolute Gasteiger partial charge is 0.407 e. The molecule has 3 N–H and O–H groups in total. The number of piperidine rings is 1. The van der Waals surface area contributed by atoms with Crippen LogP contribution in [0.2, 0.25) is 0 Å². The first kappa shape index (κ1) is 14.2. The highest BCUT2D eigenvalue weighted by Crippen LogP contribution is 2.43. The van der Waals surface area contributed by atoms with Crippen molar-refractivity contribution in [2.75, 3.05) is 36.8 Å². The molecule has 0 bridgehead atoms. The minimum atomic E-state index is -0.796. The number of anilines is 2. The first-order valence-corrected chi connectivity index (χ1v) is 7.93. The SMILES string of the molecule is Cn1nc(N)c2ccc(N3CC4(CCN(C(=O)O)CC4)C3)cc21. The number of amides is 1. The van der Waals surface area contributed by atoms with Gasteiger partial charge in [-0.15, -0.1) is 0 Å². The van der Waals surface area contributed by atoms with Gasteiger partial charge in [0.15, 0.2) is 5.82 Å². The Bertz CT molecular complexity index is 768. The predicted molar refractivity (Wildman–Crippen MR) is 88.6 cm³/mol. The standard InChI is InChI=1S/C16H21N5O2/c1-19-13-8-11(2-3-12(13)14(17)18-19)21-9-16(10-21)4-6-20(7-5-16)15(22)23/h2-3,8H,4-7,9-10H2,1H3,(H2,17,18)(H,22,23). The Morgan fingerprint density at radius 2 is 2.00 bits per heavy atom. The van der Waals surface area contributed by atoms with Crippen molar-refractivity contribution in [3.8, 4) is 0 Å². The summed E-state index contributed by atoms with van der Waals surface area (Å²) in [7, 11) is 1.90. The summed E-state index contributed by atoms with van der Waals surface area (Å²) in [6.45, 7) is 3.31. The molecule has 1 aromatic carbocycles. The minimum absolute atomic E-state index is 0.284. The molecule has 7 heteroatoms. The number of carboxylic acid groups (broad SMARTS) is 1. The molecule has 1 spiro atoms. The maximum Gasteiger partial charge on any atom is 0.407 e. The third kappa shape index (κ3) is 2.18. The largest absolute Gasteiger partial charge is 0.465 e. The zero-order valence-electron chi connectivity index (χ0n) is 13.2. The Labute approximate surface area is 134 Å². The van der Waals surface area contributed by atoms with Gasteiger partial charge in [-0.2, -0.15) is 5.10 Å². The second kappa shape index (κ2) is 4.78. The van der Waals surface area contributed by atoms with E-state index in [1.54, 1.807) is 0 Å². The molecule has 0 radical (unpaired) electrons. The first-order chi connectivity index (χ1) is 11.0. The molecule has 0 aliphatic carbocycles. The lowest BCUT2D eigenvalue weighted by molar-refractivity contribution is 0.0710. The number of hydrogen-bond acceptors (Lipinski definition) is 4. The summed E-state index contributed by atoms with van der Waals surface area (Å²) in [5.74, 6) is 0.565. The third-order valence-electron chi connectivity index (χ3n) is 5.38. The number of nitrogens with zero attached hydrogens (tertiary/aromatic N) is 4. The van der Waals surface area contributed by atoms with E-state index in [1.807, 2.05) is 17.8 Å². The molecule has 7 nitrogen and oxygen atoms in total. The number of fused-ring (bicyclic) bond motifs is 1. The molecule has 2 aromatic rings. The van der Waals surface area contributed by atoms with E-state index in [1.165, 1.54) is 10.6 Å². The molecule has 2 aliphatic rings. The molecule has 2 fully saturated rings. The molecule has 1 amide bonds. The number of hydrogen-bond donors (Lipinski definition) is 2. The fraction of sp³-hybridized carbons (Fsp3) is 0.500. The normalized spacial score (nSPS) is 20.0. The number of likely N-dealkylation sites (tertiary alicyclic amines) is 1. The lowest BCUT2D eigenvalue weighted by Crippen LogP contribution is -2.60. The zero-order valence-corrected chi connectivity index (χ0v) is 13.2. The number of aryl methyl sites for hydroxylation is 1. The van der Waals surface area contributed by atoms with E-state index in [9.17, 15) is 4.79 Å². The maximum atomic E-state index is 11.0. The highest BCUT2D eigenvalue weighted by molar-refractivity contribution is 5.91. The number of carbonyl (C=O) groups is 1. The Hall–Kier alpha value is -2.44. The van der Waals surface area contributed by atoms with Crippen LogP contribution in [-0.2, 0) is 7.05 Å². The summed E-state index contributed by atoms with van der Waals surface area (Å²) in [5.41, 5.74) is 8.41. The van der Waals surface area contributed by atoms with Crippen LogP contribution in [0.1, 0.15) is 12.8 Å². The second-order valence-electron chi connectivity index (χ2n) is 6.84. The molecular weight excluding hydrogens is 294 g/mol. The van der Waals surface area contributed by atoms with Crippen LogP contribution in [0.5, 0.6) is 0 Å². The summed E-state index contributed by atoms with van der Waals surface area (Å²) in [6.07, 6.45) is 1.11. The van der Waals surface area contributed by atoms with E-state index < -0.39 is 6.09 Å². The van der Waals surface area contributed by atoms with Crippen LogP contribution in [0.25, 0.3) is 10.9 Å². The van der Waals surface area contributed by atoms with E-state index >= 15 is 0 Å². The molecule has 1 aromatic heterocycles. The van der Waals surface area contributed by atoms with Gasteiger partial charge >= 0.3 is 6.09 Å². The van der Waals surface area contributed by atoms with Crippen molar-refractivity contribution < 1.29 is 9.90 Å². The van der Waals surface area contributed by atoms with Gasteiger partial charge in [-0.05, 0) is 31.0 Å². The van der Waals surface area contributed by atoms with Crippen LogP contribution < -0.4 is 10.6 Å². The van der Waals surface area contributed by atoms with Gasteiger partial charge < -0.3 is 20.6 Å². The van der Waals surface area contributed by atoms with Crippen molar-refractivity contribution in [3.05, 3.63) is 18.2 Å². The number of nitrogen functional groups attached to an aromatic ring is 1. The molecule has 0 saturated carbocycles. The van der Waals surface area contributed by atoms with Crippen molar-refractivity contribution >= 4 is 28.5 Å². The molecule has 3 heterocycles. The summed E-state index contributed by atoms with van der Waals surface area (Å²) < 4.78 is 1.81. The van der Waals surface area contributed by atoms with E-state index in [2.05, 4.69) is 22.1 Å². The summed E-state index contributed by atoms with van der Waals surface area (Å²) in [6, 6.07) is 6.27. The lowest BCUT2D eigenvalue weighted by Gasteiger charge is -2.54. The molecule has 4 rings (SSSR count). The van der Waals surface area contributed by atoms with Crippen LogP contribution >= 0.6 is 0 Å². The Kier molecular flexibility index (Phi) is 2.94. The van der Waals surface area contributed by atoms with Gasteiger partial charge in [0, 0.05) is 49.7 Å². The number of nitrogens with two attached hydrogens (primary N) is 1. The molecule has 23 heavy (non-hydrogen) atoms. The predicted octanol–water partition coefficient (Wildman–Crippen LogP) is 1.74. The number of benzene rings is 1. The Morgan fingerprint density at radius 1 is 1.30 bits per heavy atom. The average Bonchev–Trinajstić information content (AvgIpc) is 2.79. The molecule has 2 aliphatic heterocycles. The molecule has 122 valence electrons. The highest BCUT2D eigenvalue weighted by Gasteiger charge is 2.45. The van der Waals surface area contributed by atoms with Crippen molar-refractivity contribution in [3.63, 3.8) is 0 Å². The quantitative estimate of drug-likeness (QED) is 0.837. The monoisotopic (exact) mass is 315 g/mol. The molecule has 2 saturated heterocycles. The van der Waals surface area contributed by atoms with Crippen LogP contribution in [0.4, 0.5) is 16.3 Å². The molecular formula is C16H21N5O2. The van der Waals surface area contributed by atoms with E-state index in [0.29, 0.717) is 18.9 Å². The second-order valence-corrected chi connectivity index (χ2v) is 6.84. The molecule has 0 unspecified atom stereocenters. The molecule has 0 atom stereocenters. The van der Waals surface area contributed by atoms with Crippen LogP contribution in [-0.4, -0.2) is 52.1 Å². The van der Waals surface area contributed by atoms with Gasteiger partial charge in [-0.25, -0.2) is 4.79 Å². The zero-order chi connectivity index (χ0) is 16.2. The number of aromatic nitrogens is 2. The van der Waals surface area contributed by atoms with Gasteiger partial charge in [-0.3, -0.25) is 4.68 Å². The van der Waals surface area contributed by atoms with Crippen molar-refractivity contribution in [1.82, 2.24) is 14.7 Å². The topological polar surface area (TPSA) is 87.6 Å². The number of rotatable bonds is 1. The van der Waals surface area contributed by atoms with E-state index in [4.69, 9.17) is 10.8 Å². The van der Waals surface area contributed by atoms with Crippen molar-refractivity contribution in [1.29, 1.82) is 0 Å². The first-order valence-electron chi connectivity index (χ1n) is 7.93. The van der Waals surface area contributed by atoms with Crippen molar-refractivity contribution in [2.45, 2.75) is 12.8 Å². The minimum Gasteiger partial charge on any atom is -0.465 e. The lowest BCUT2D eigenvalue weighted by atomic mass is 9.72. The summed E-state index contributed by atoms with van der Waals surface area (Å²) in [5, 5.41) is 14.3. The Balaban J connectivity index is 1.48.